The molecule has 2 aliphatic heterocycles. The van der Waals surface area contributed by atoms with Crippen molar-refractivity contribution in [1.29, 1.82) is 0 Å². The summed E-state index contributed by atoms with van der Waals surface area (Å²) in [5.41, 5.74) is 0.366. The second kappa shape index (κ2) is 6.47. The first kappa shape index (κ1) is 15.6. The van der Waals surface area contributed by atoms with E-state index in [0.717, 1.165) is 25.6 Å². The van der Waals surface area contributed by atoms with Crippen molar-refractivity contribution in [2.24, 2.45) is 10.9 Å². The molecule has 1 saturated carbocycles. The van der Waals surface area contributed by atoms with Gasteiger partial charge in [-0.05, 0) is 45.7 Å². The van der Waals surface area contributed by atoms with Crippen molar-refractivity contribution >= 4 is 16.9 Å². The van der Waals surface area contributed by atoms with Crippen LogP contribution < -0.4 is 5.32 Å². The quantitative estimate of drug-likeness (QED) is 0.844. The molecule has 0 aromatic heterocycles. The summed E-state index contributed by atoms with van der Waals surface area (Å²) in [7, 11) is 4.45. The van der Waals surface area contributed by atoms with Crippen LogP contribution in [-0.4, -0.2) is 72.6 Å². The van der Waals surface area contributed by atoms with E-state index in [2.05, 4.69) is 36.1 Å². The molecule has 1 aliphatic carbocycles. The summed E-state index contributed by atoms with van der Waals surface area (Å²) in [6, 6.07) is 0.571. The molecule has 0 bridgehead atoms. The minimum atomic E-state index is 0.366. The zero-order valence-electron chi connectivity index (χ0n) is 13.8. The fourth-order valence-corrected chi connectivity index (χ4v) is 4.89. The van der Waals surface area contributed by atoms with Crippen LogP contribution in [0.4, 0.5) is 0 Å². The number of aliphatic imine (C=N–C) groups is 1. The minimum Gasteiger partial charge on any atom is -0.359 e. The summed E-state index contributed by atoms with van der Waals surface area (Å²) in [6.45, 7) is 6.80. The Kier molecular flexibility index (Phi) is 4.81. The number of rotatable bonds is 2. The maximum atomic E-state index is 4.90. The lowest BCUT2D eigenvalue weighted by Crippen LogP contribution is -2.51. The van der Waals surface area contributed by atoms with Gasteiger partial charge in [0, 0.05) is 37.0 Å². The standard InChI is InChI=1S/C16H30N4S/c1-13-4-6-16(7-5-13)12-21-15(18-16)17-10-14-11-19(2)8-9-20(14)3/h13-14H,4-12H2,1-3H3,(H,17,18). The number of hydrogen-bond donors (Lipinski definition) is 1. The maximum absolute atomic E-state index is 4.90. The molecular weight excluding hydrogens is 280 g/mol. The number of piperazine rings is 1. The molecule has 1 atom stereocenters. The second-order valence-corrected chi connectivity index (χ2v) is 8.38. The van der Waals surface area contributed by atoms with E-state index in [-0.39, 0.29) is 0 Å². The van der Waals surface area contributed by atoms with E-state index in [9.17, 15) is 0 Å². The highest BCUT2D eigenvalue weighted by Crippen LogP contribution is 2.38. The molecule has 1 unspecified atom stereocenters. The van der Waals surface area contributed by atoms with Gasteiger partial charge in [0.15, 0.2) is 5.17 Å². The molecule has 1 spiro atoms. The third-order valence-electron chi connectivity index (χ3n) is 5.51. The molecule has 0 aromatic rings. The second-order valence-electron chi connectivity index (χ2n) is 7.42. The lowest BCUT2D eigenvalue weighted by Gasteiger charge is -2.37. The minimum absolute atomic E-state index is 0.366. The van der Waals surface area contributed by atoms with E-state index in [4.69, 9.17) is 4.99 Å². The van der Waals surface area contributed by atoms with Crippen LogP contribution in [0.25, 0.3) is 0 Å². The molecule has 5 heteroatoms. The van der Waals surface area contributed by atoms with Crippen molar-refractivity contribution in [3.05, 3.63) is 0 Å². The third kappa shape index (κ3) is 3.74. The molecule has 4 nitrogen and oxygen atoms in total. The number of likely N-dealkylation sites (N-methyl/N-ethyl adjacent to an activating group) is 2. The molecule has 0 amide bonds. The summed E-state index contributed by atoms with van der Waals surface area (Å²) in [6.07, 6.45) is 5.40. The highest BCUT2D eigenvalue weighted by Gasteiger charge is 2.39. The first-order chi connectivity index (χ1) is 10.1. The van der Waals surface area contributed by atoms with Gasteiger partial charge in [-0.15, -0.1) is 0 Å². The normalized spacial score (nSPS) is 40.8. The van der Waals surface area contributed by atoms with Gasteiger partial charge in [-0.3, -0.25) is 9.89 Å². The van der Waals surface area contributed by atoms with Crippen molar-refractivity contribution in [2.45, 2.75) is 44.2 Å². The van der Waals surface area contributed by atoms with Crippen molar-refractivity contribution < 1.29 is 0 Å². The zero-order chi connectivity index (χ0) is 14.9. The lowest BCUT2D eigenvalue weighted by atomic mass is 9.78. The van der Waals surface area contributed by atoms with Crippen molar-refractivity contribution in [3.63, 3.8) is 0 Å². The monoisotopic (exact) mass is 310 g/mol. The maximum Gasteiger partial charge on any atom is 0.157 e. The fraction of sp³-hybridized carbons (Fsp3) is 0.938. The van der Waals surface area contributed by atoms with Crippen LogP contribution in [0.3, 0.4) is 0 Å². The first-order valence-electron chi connectivity index (χ1n) is 8.40. The Balaban J connectivity index is 1.53. The Morgan fingerprint density at radius 1 is 1.29 bits per heavy atom. The van der Waals surface area contributed by atoms with E-state index in [1.807, 2.05) is 11.8 Å². The molecule has 2 heterocycles. The molecule has 1 N–H and O–H groups in total. The molecular formula is C16H30N4S. The van der Waals surface area contributed by atoms with Gasteiger partial charge in [-0.1, -0.05) is 18.7 Å². The van der Waals surface area contributed by atoms with E-state index in [1.165, 1.54) is 43.1 Å². The van der Waals surface area contributed by atoms with Gasteiger partial charge in [-0.25, -0.2) is 0 Å². The van der Waals surface area contributed by atoms with Crippen LogP contribution in [0.15, 0.2) is 4.99 Å². The molecule has 3 fully saturated rings. The Morgan fingerprint density at radius 2 is 2.05 bits per heavy atom. The molecule has 3 aliphatic rings. The van der Waals surface area contributed by atoms with Gasteiger partial charge in [-0.2, -0.15) is 0 Å². The van der Waals surface area contributed by atoms with Crippen LogP contribution in [0.1, 0.15) is 32.6 Å². The van der Waals surface area contributed by atoms with Crippen molar-refractivity contribution in [2.75, 3.05) is 46.0 Å². The van der Waals surface area contributed by atoms with Gasteiger partial charge >= 0.3 is 0 Å². The Bertz CT molecular complexity index is 390. The first-order valence-corrected chi connectivity index (χ1v) is 9.39. The predicted molar refractivity (Wildman–Crippen MR) is 92.2 cm³/mol. The predicted octanol–water partition coefficient (Wildman–Crippen LogP) is 1.87. The van der Waals surface area contributed by atoms with Gasteiger partial charge in [0.05, 0.1) is 6.54 Å². The van der Waals surface area contributed by atoms with Crippen LogP contribution >= 0.6 is 11.8 Å². The fourth-order valence-electron chi connectivity index (χ4n) is 3.66. The van der Waals surface area contributed by atoms with Gasteiger partial charge in [0.25, 0.3) is 0 Å². The topological polar surface area (TPSA) is 30.9 Å². The van der Waals surface area contributed by atoms with Crippen molar-refractivity contribution in [1.82, 2.24) is 15.1 Å². The van der Waals surface area contributed by atoms with Gasteiger partial charge in [0.2, 0.25) is 0 Å². The summed E-state index contributed by atoms with van der Waals surface area (Å²) in [4.78, 5) is 9.78. The molecule has 3 rings (SSSR count). The van der Waals surface area contributed by atoms with E-state index >= 15 is 0 Å². The molecule has 21 heavy (non-hydrogen) atoms. The molecule has 0 radical (unpaired) electrons. The van der Waals surface area contributed by atoms with Gasteiger partial charge < -0.3 is 10.2 Å². The zero-order valence-corrected chi connectivity index (χ0v) is 14.6. The highest BCUT2D eigenvalue weighted by molar-refractivity contribution is 8.14. The van der Waals surface area contributed by atoms with E-state index < -0.39 is 0 Å². The SMILES string of the molecule is CC1CCC2(CC1)CSC(=NCC1CN(C)CCN1C)N2. The average molecular weight is 311 g/mol. The summed E-state index contributed by atoms with van der Waals surface area (Å²) in [5.74, 6) is 2.13. The smallest absolute Gasteiger partial charge is 0.157 e. The lowest BCUT2D eigenvalue weighted by molar-refractivity contribution is 0.119. The number of hydrogen-bond acceptors (Lipinski definition) is 4. The number of nitrogens with one attached hydrogen (secondary N) is 1. The van der Waals surface area contributed by atoms with Crippen LogP contribution in [0, 0.1) is 5.92 Å². The Morgan fingerprint density at radius 3 is 2.81 bits per heavy atom. The number of nitrogens with zero attached hydrogens (tertiary/aromatic N) is 3. The third-order valence-corrected chi connectivity index (χ3v) is 6.72. The highest BCUT2D eigenvalue weighted by atomic mass is 32.2. The number of thioether (sulfide) groups is 1. The summed E-state index contributed by atoms with van der Waals surface area (Å²) < 4.78 is 0. The van der Waals surface area contributed by atoms with Crippen LogP contribution in [-0.2, 0) is 0 Å². The largest absolute Gasteiger partial charge is 0.359 e. The van der Waals surface area contributed by atoms with Crippen LogP contribution in [0.2, 0.25) is 0 Å². The van der Waals surface area contributed by atoms with E-state index in [0.29, 0.717) is 11.6 Å². The summed E-state index contributed by atoms with van der Waals surface area (Å²) >= 11 is 1.95. The van der Waals surface area contributed by atoms with Gasteiger partial charge in [0.1, 0.15) is 0 Å². The number of amidine groups is 1. The Hall–Kier alpha value is -0.260. The summed E-state index contributed by atoms with van der Waals surface area (Å²) in [5, 5.41) is 4.97. The van der Waals surface area contributed by atoms with Crippen LogP contribution in [0.5, 0.6) is 0 Å². The Labute approximate surface area is 133 Å². The van der Waals surface area contributed by atoms with E-state index in [1.54, 1.807) is 0 Å². The molecule has 2 saturated heterocycles. The molecule has 0 aromatic carbocycles. The molecule has 120 valence electrons. The van der Waals surface area contributed by atoms with Crippen molar-refractivity contribution in [3.8, 4) is 0 Å². The average Bonchev–Trinajstić information content (AvgIpc) is 2.87.